The van der Waals surface area contributed by atoms with Gasteiger partial charge in [0.05, 0.1) is 21.6 Å². The second kappa shape index (κ2) is 5.78. The summed E-state index contributed by atoms with van der Waals surface area (Å²) in [5.41, 5.74) is 1.97. The fourth-order valence-corrected chi connectivity index (χ4v) is 4.30. The quantitative estimate of drug-likeness (QED) is 0.612. The standard InChI is InChI=1S/C18H15N3O3S/c1-24-21-15-6-3-2-5-14(15)18-16(21)7-4-8-17(18)25(22,23)20-13-9-11-19-12-10-13/h2-12H,1H3,(H,19,20). The van der Waals surface area contributed by atoms with E-state index in [0.29, 0.717) is 16.6 Å². The number of aromatic nitrogens is 2. The molecule has 0 aliphatic carbocycles. The van der Waals surface area contributed by atoms with Crippen molar-refractivity contribution in [3.63, 3.8) is 0 Å². The lowest BCUT2D eigenvalue weighted by atomic mass is 10.1. The highest BCUT2D eigenvalue weighted by Gasteiger charge is 2.22. The van der Waals surface area contributed by atoms with Crippen LogP contribution in [0.25, 0.3) is 21.8 Å². The highest BCUT2D eigenvalue weighted by Crippen LogP contribution is 2.33. The first-order valence-electron chi connectivity index (χ1n) is 7.61. The zero-order valence-electron chi connectivity index (χ0n) is 13.4. The molecule has 4 aromatic rings. The Kier molecular flexibility index (Phi) is 3.58. The molecule has 0 unspecified atom stereocenters. The summed E-state index contributed by atoms with van der Waals surface area (Å²) in [6.45, 7) is 0. The van der Waals surface area contributed by atoms with Crippen molar-refractivity contribution in [2.75, 3.05) is 11.8 Å². The van der Waals surface area contributed by atoms with Gasteiger partial charge in [0.25, 0.3) is 10.0 Å². The lowest BCUT2D eigenvalue weighted by Crippen LogP contribution is -2.13. The van der Waals surface area contributed by atoms with Gasteiger partial charge >= 0.3 is 0 Å². The van der Waals surface area contributed by atoms with Crippen molar-refractivity contribution < 1.29 is 13.3 Å². The van der Waals surface area contributed by atoms with Crippen LogP contribution in [0, 0.1) is 0 Å². The van der Waals surface area contributed by atoms with Crippen molar-refractivity contribution in [1.82, 2.24) is 9.71 Å². The minimum atomic E-state index is -3.77. The molecule has 0 radical (unpaired) electrons. The van der Waals surface area contributed by atoms with E-state index in [2.05, 4.69) is 9.71 Å². The van der Waals surface area contributed by atoms with Crippen LogP contribution in [0.15, 0.2) is 71.9 Å². The average molecular weight is 353 g/mol. The SMILES string of the molecule is COn1c2ccccc2c2c(S(=O)(=O)Nc3ccncc3)cccc21. The molecule has 4 rings (SSSR count). The largest absolute Gasteiger partial charge is 0.416 e. The Hall–Kier alpha value is -3.06. The van der Waals surface area contributed by atoms with E-state index < -0.39 is 10.0 Å². The lowest BCUT2D eigenvalue weighted by molar-refractivity contribution is 0.190. The molecular weight excluding hydrogens is 338 g/mol. The smallest absolute Gasteiger partial charge is 0.262 e. The molecule has 126 valence electrons. The molecule has 0 aliphatic rings. The Morgan fingerprint density at radius 1 is 0.960 bits per heavy atom. The molecule has 1 N–H and O–H groups in total. The molecule has 0 saturated heterocycles. The van der Waals surface area contributed by atoms with Gasteiger partial charge in [0.15, 0.2) is 0 Å². The number of hydrogen-bond acceptors (Lipinski definition) is 4. The predicted octanol–water partition coefficient (Wildman–Crippen LogP) is 3.05. The Labute approximate surface area is 144 Å². The fourth-order valence-electron chi connectivity index (χ4n) is 3.00. The van der Waals surface area contributed by atoms with Gasteiger partial charge in [-0.1, -0.05) is 24.3 Å². The Bertz CT molecular complexity index is 1170. The molecule has 0 spiro atoms. The van der Waals surface area contributed by atoms with Crippen LogP contribution < -0.4 is 9.56 Å². The third-order valence-corrected chi connectivity index (χ3v) is 5.44. The zero-order valence-corrected chi connectivity index (χ0v) is 14.2. The van der Waals surface area contributed by atoms with E-state index in [1.807, 2.05) is 30.3 Å². The first-order chi connectivity index (χ1) is 12.1. The summed E-state index contributed by atoms with van der Waals surface area (Å²) in [5, 5.41) is 1.44. The minimum absolute atomic E-state index is 0.203. The van der Waals surface area contributed by atoms with Crippen LogP contribution in [-0.4, -0.2) is 25.2 Å². The van der Waals surface area contributed by atoms with Gasteiger partial charge < -0.3 is 4.84 Å². The lowest BCUT2D eigenvalue weighted by Gasteiger charge is -2.09. The van der Waals surface area contributed by atoms with E-state index in [4.69, 9.17) is 4.84 Å². The molecule has 2 heterocycles. The van der Waals surface area contributed by atoms with Crippen molar-refractivity contribution in [2.24, 2.45) is 0 Å². The van der Waals surface area contributed by atoms with Crippen LogP contribution in [0.4, 0.5) is 5.69 Å². The number of nitrogens with one attached hydrogen (secondary N) is 1. The summed E-state index contributed by atoms with van der Waals surface area (Å²) in [5.74, 6) is 0. The molecule has 2 aromatic heterocycles. The molecule has 0 amide bonds. The topological polar surface area (TPSA) is 73.2 Å². The van der Waals surface area contributed by atoms with E-state index in [1.54, 1.807) is 36.1 Å². The predicted molar refractivity (Wildman–Crippen MR) is 97.0 cm³/mol. The average Bonchev–Trinajstić information content (AvgIpc) is 2.96. The molecule has 7 heteroatoms. The van der Waals surface area contributed by atoms with E-state index in [1.165, 1.54) is 12.4 Å². The Balaban J connectivity index is 1.99. The highest BCUT2D eigenvalue weighted by molar-refractivity contribution is 7.93. The summed E-state index contributed by atoms with van der Waals surface area (Å²) in [6.07, 6.45) is 3.07. The number of hydrogen-bond donors (Lipinski definition) is 1. The summed E-state index contributed by atoms with van der Waals surface area (Å²) >= 11 is 0. The minimum Gasteiger partial charge on any atom is -0.416 e. The van der Waals surface area contributed by atoms with E-state index in [9.17, 15) is 8.42 Å². The van der Waals surface area contributed by atoms with Gasteiger partial charge in [-0.25, -0.2) is 8.42 Å². The first kappa shape index (κ1) is 15.5. The van der Waals surface area contributed by atoms with Crippen LogP contribution in [0.5, 0.6) is 0 Å². The highest BCUT2D eigenvalue weighted by atomic mass is 32.2. The van der Waals surface area contributed by atoms with Gasteiger partial charge in [0.1, 0.15) is 7.11 Å². The van der Waals surface area contributed by atoms with Gasteiger partial charge in [0.2, 0.25) is 0 Å². The van der Waals surface area contributed by atoms with Gasteiger partial charge in [-0.2, -0.15) is 4.73 Å². The van der Waals surface area contributed by atoms with Gasteiger partial charge in [-0.05, 0) is 30.3 Å². The maximum Gasteiger partial charge on any atom is 0.262 e. The molecule has 0 bridgehead atoms. The molecular formula is C18H15N3O3S. The number of pyridine rings is 1. The van der Waals surface area contributed by atoms with Gasteiger partial charge in [-0.3, -0.25) is 9.71 Å². The molecule has 6 nitrogen and oxygen atoms in total. The van der Waals surface area contributed by atoms with Crippen LogP contribution in [-0.2, 0) is 10.0 Å². The van der Waals surface area contributed by atoms with E-state index in [-0.39, 0.29) is 4.90 Å². The van der Waals surface area contributed by atoms with Crippen molar-refractivity contribution in [1.29, 1.82) is 0 Å². The summed E-state index contributed by atoms with van der Waals surface area (Å²) in [7, 11) is -2.22. The number of fused-ring (bicyclic) bond motifs is 3. The molecule has 0 saturated carbocycles. The number of sulfonamides is 1. The Morgan fingerprint density at radius 3 is 2.44 bits per heavy atom. The van der Waals surface area contributed by atoms with Gasteiger partial charge in [0, 0.05) is 23.2 Å². The number of benzene rings is 2. The summed E-state index contributed by atoms with van der Waals surface area (Å²) in [4.78, 5) is 9.56. The number of rotatable bonds is 4. The van der Waals surface area contributed by atoms with Gasteiger partial charge in [-0.15, -0.1) is 0 Å². The van der Waals surface area contributed by atoms with Crippen LogP contribution in [0.3, 0.4) is 0 Å². The summed E-state index contributed by atoms with van der Waals surface area (Å²) in [6, 6.07) is 15.9. The second-order valence-corrected chi connectivity index (χ2v) is 7.14. The third kappa shape index (κ3) is 2.49. The maximum atomic E-state index is 13.0. The maximum absolute atomic E-state index is 13.0. The summed E-state index contributed by atoms with van der Waals surface area (Å²) < 4.78 is 30.2. The zero-order chi connectivity index (χ0) is 17.4. The van der Waals surface area contributed by atoms with Crippen LogP contribution in [0.1, 0.15) is 0 Å². The number of nitrogens with zero attached hydrogens (tertiary/aromatic N) is 2. The normalized spacial score (nSPS) is 11.7. The monoisotopic (exact) mass is 353 g/mol. The van der Waals surface area contributed by atoms with Crippen molar-refractivity contribution in [3.05, 3.63) is 67.0 Å². The molecule has 25 heavy (non-hydrogen) atoms. The second-order valence-electron chi connectivity index (χ2n) is 5.49. The molecule has 0 fully saturated rings. The van der Waals surface area contributed by atoms with Crippen molar-refractivity contribution in [3.8, 4) is 0 Å². The van der Waals surface area contributed by atoms with Crippen LogP contribution >= 0.6 is 0 Å². The Morgan fingerprint density at radius 2 is 1.68 bits per heavy atom. The van der Waals surface area contributed by atoms with Crippen molar-refractivity contribution >= 4 is 37.5 Å². The number of anilines is 1. The molecule has 2 aromatic carbocycles. The van der Waals surface area contributed by atoms with E-state index >= 15 is 0 Å². The molecule has 0 atom stereocenters. The molecule has 0 aliphatic heterocycles. The van der Waals surface area contributed by atoms with Crippen LogP contribution in [0.2, 0.25) is 0 Å². The number of para-hydroxylation sites is 1. The van der Waals surface area contributed by atoms with E-state index in [0.717, 1.165) is 10.9 Å². The third-order valence-electron chi connectivity index (χ3n) is 4.02. The first-order valence-corrected chi connectivity index (χ1v) is 9.09. The fraction of sp³-hybridized carbons (Fsp3) is 0.0556. The van der Waals surface area contributed by atoms with Crippen molar-refractivity contribution in [2.45, 2.75) is 4.90 Å².